The normalized spacial score (nSPS) is 10.6. The molecule has 6 heteroatoms. The van der Waals surface area contributed by atoms with E-state index in [-0.39, 0.29) is 10.7 Å². The largest absolute Gasteiger partial charge is 0.477 e. The molecule has 1 N–H and O–H groups in total. The summed E-state index contributed by atoms with van der Waals surface area (Å²) in [5, 5.41) is 20.1. The van der Waals surface area contributed by atoms with E-state index in [2.05, 4.69) is 11.1 Å². The lowest BCUT2D eigenvalue weighted by atomic mass is 9.98. The number of carboxylic acid groups (broad SMARTS) is 1. The smallest absolute Gasteiger partial charge is 0.347 e. The van der Waals surface area contributed by atoms with Gasteiger partial charge in [-0.25, -0.2) is 14.2 Å². The molecule has 0 aliphatic carbocycles. The van der Waals surface area contributed by atoms with Crippen LogP contribution in [0.2, 0.25) is 0 Å². The maximum atomic E-state index is 13.6. The lowest BCUT2D eigenvalue weighted by molar-refractivity contribution is 0.0702. The zero-order chi connectivity index (χ0) is 15.9. The molecule has 0 saturated carbocycles. The van der Waals surface area contributed by atoms with Gasteiger partial charge in [0, 0.05) is 10.9 Å². The van der Waals surface area contributed by atoms with E-state index in [1.54, 1.807) is 19.1 Å². The van der Waals surface area contributed by atoms with Crippen molar-refractivity contribution in [3.8, 4) is 16.6 Å². The second-order valence-electron chi connectivity index (χ2n) is 4.79. The fourth-order valence-corrected chi connectivity index (χ4v) is 3.15. The predicted molar refractivity (Wildman–Crippen MR) is 81.4 cm³/mol. The Hall–Kier alpha value is -2.78. The molecular formula is C16H9FN2O2S. The number of hydrogen-bond donors (Lipinski definition) is 1. The van der Waals surface area contributed by atoms with Crippen LogP contribution in [0.5, 0.6) is 0 Å². The fraction of sp³-hybridized carbons (Fsp3) is 0.0625. The SMILES string of the molecule is Cc1cc(F)cc2cc(-c3ncc(C(=O)O)s3)cc(C#N)c12. The first-order valence-corrected chi connectivity index (χ1v) is 7.14. The van der Waals surface area contributed by atoms with Gasteiger partial charge < -0.3 is 5.11 Å². The molecule has 3 aromatic rings. The molecule has 1 aromatic heterocycles. The molecular weight excluding hydrogens is 303 g/mol. The molecule has 0 spiro atoms. The highest BCUT2D eigenvalue weighted by atomic mass is 32.1. The molecule has 0 aliphatic rings. The Bertz CT molecular complexity index is 957. The molecule has 108 valence electrons. The Morgan fingerprint density at radius 1 is 1.36 bits per heavy atom. The first kappa shape index (κ1) is 14.2. The lowest BCUT2D eigenvalue weighted by Gasteiger charge is -2.07. The number of aromatic nitrogens is 1. The van der Waals surface area contributed by atoms with Crippen LogP contribution >= 0.6 is 11.3 Å². The minimum atomic E-state index is -1.05. The highest BCUT2D eigenvalue weighted by Crippen LogP contribution is 2.32. The van der Waals surface area contributed by atoms with E-state index in [1.165, 1.54) is 18.3 Å². The van der Waals surface area contributed by atoms with E-state index in [0.29, 0.717) is 32.5 Å². The highest BCUT2D eigenvalue weighted by Gasteiger charge is 2.14. The number of benzene rings is 2. The number of hydrogen-bond acceptors (Lipinski definition) is 4. The van der Waals surface area contributed by atoms with E-state index in [0.717, 1.165) is 11.3 Å². The molecule has 0 atom stereocenters. The molecule has 4 nitrogen and oxygen atoms in total. The Morgan fingerprint density at radius 2 is 2.14 bits per heavy atom. The maximum absolute atomic E-state index is 13.6. The Balaban J connectivity index is 2.27. The van der Waals surface area contributed by atoms with Gasteiger partial charge in [-0.15, -0.1) is 11.3 Å². The minimum Gasteiger partial charge on any atom is -0.477 e. The Kier molecular flexibility index (Phi) is 3.35. The number of halogens is 1. The summed E-state index contributed by atoms with van der Waals surface area (Å²) in [6, 6.07) is 8.22. The molecule has 0 amide bonds. The van der Waals surface area contributed by atoms with Crippen molar-refractivity contribution in [3.63, 3.8) is 0 Å². The van der Waals surface area contributed by atoms with E-state index in [1.807, 2.05) is 0 Å². The van der Waals surface area contributed by atoms with Crippen molar-refractivity contribution in [2.24, 2.45) is 0 Å². The number of thiazole rings is 1. The second kappa shape index (κ2) is 5.20. The van der Waals surface area contributed by atoms with Crippen molar-refractivity contribution in [2.75, 3.05) is 0 Å². The third-order valence-corrected chi connectivity index (χ3v) is 4.33. The Morgan fingerprint density at radius 3 is 2.77 bits per heavy atom. The molecule has 0 bridgehead atoms. The van der Waals surface area contributed by atoms with Crippen molar-refractivity contribution in [3.05, 3.63) is 52.3 Å². The van der Waals surface area contributed by atoms with Crippen LogP contribution in [0.3, 0.4) is 0 Å². The molecule has 3 rings (SSSR count). The van der Waals surface area contributed by atoms with Crippen LogP contribution in [-0.2, 0) is 0 Å². The van der Waals surface area contributed by atoms with E-state index in [9.17, 15) is 14.4 Å². The highest BCUT2D eigenvalue weighted by molar-refractivity contribution is 7.16. The molecule has 0 fully saturated rings. The standard InChI is InChI=1S/C16H9FN2O2S/c1-8-2-12(17)5-9-3-10(4-11(6-18)14(8)9)15-19-7-13(22-15)16(20)21/h2-5,7H,1H3,(H,20,21). The van der Waals surface area contributed by atoms with Gasteiger partial charge in [-0.05, 0) is 42.1 Å². The van der Waals surface area contributed by atoms with Gasteiger partial charge in [0.1, 0.15) is 15.7 Å². The van der Waals surface area contributed by atoms with Crippen LogP contribution in [0.15, 0.2) is 30.5 Å². The van der Waals surface area contributed by atoms with Gasteiger partial charge in [0.05, 0.1) is 17.8 Å². The van der Waals surface area contributed by atoms with Crippen molar-refractivity contribution in [2.45, 2.75) is 6.92 Å². The summed E-state index contributed by atoms with van der Waals surface area (Å²) in [5.74, 6) is -1.43. The topological polar surface area (TPSA) is 74.0 Å². The minimum absolute atomic E-state index is 0.115. The average molecular weight is 312 g/mol. The first-order valence-electron chi connectivity index (χ1n) is 6.33. The summed E-state index contributed by atoms with van der Waals surface area (Å²) in [5.41, 5.74) is 1.70. The van der Waals surface area contributed by atoms with Crippen LogP contribution in [0, 0.1) is 24.1 Å². The molecule has 0 aliphatic heterocycles. The summed E-state index contributed by atoms with van der Waals surface area (Å²) in [4.78, 5) is 15.1. The third kappa shape index (κ3) is 2.32. The summed E-state index contributed by atoms with van der Waals surface area (Å²) >= 11 is 1.02. The van der Waals surface area contributed by atoms with Gasteiger partial charge >= 0.3 is 5.97 Å². The molecule has 1 heterocycles. The second-order valence-corrected chi connectivity index (χ2v) is 5.82. The number of rotatable bonds is 2. The van der Waals surface area contributed by atoms with E-state index < -0.39 is 5.97 Å². The monoisotopic (exact) mass is 312 g/mol. The van der Waals surface area contributed by atoms with E-state index in [4.69, 9.17) is 5.11 Å². The van der Waals surface area contributed by atoms with Crippen molar-refractivity contribution in [1.29, 1.82) is 5.26 Å². The molecule has 0 saturated heterocycles. The van der Waals surface area contributed by atoms with Gasteiger partial charge in [0.15, 0.2) is 0 Å². The fourth-order valence-electron chi connectivity index (χ4n) is 2.41. The molecule has 22 heavy (non-hydrogen) atoms. The van der Waals surface area contributed by atoms with E-state index >= 15 is 0 Å². The number of carboxylic acids is 1. The van der Waals surface area contributed by atoms with Crippen molar-refractivity contribution in [1.82, 2.24) is 4.98 Å². The predicted octanol–water partition coefficient (Wildman–Crippen LogP) is 3.98. The number of carbonyl (C=O) groups is 1. The van der Waals surface area contributed by atoms with Gasteiger partial charge in [0.25, 0.3) is 0 Å². The Labute approximate surface area is 129 Å². The molecule has 0 unspecified atom stereocenters. The van der Waals surface area contributed by atoms with Crippen LogP contribution in [0.4, 0.5) is 4.39 Å². The van der Waals surface area contributed by atoms with Crippen LogP contribution in [0.1, 0.15) is 20.8 Å². The number of fused-ring (bicyclic) bond motifs is 1. The van der Waals surface area contributed by atoms with Crippen LogP contribution < -0.4 is 0 Å². The van der Waals surface area contributed by atoms with Gasteiger partial charge in [-0.2, -0.15) is 5.26 Å². The summed E-state index contributed by atoms with van der Waals surface area (Å²) in [6.45, 7) is 1.75. The number of aromatic carboxylic acids is 1. The van der Waals surface area contributed by atoms with Gasteiger partial charge in [-0.1, -0.05) is 0 Å². The zero-order valence-electron chi connectivity index (χ0n) is 11.4. The van der Waals surface area contributed by atoms with Crippen LogP contribution in [-0.4, -0.2) is 16.1 Å². The summed E-state index contributed by atoms with van der Waals surface area (Å²) in [6.07, 6.45) is 1.27. The van der Waals surface area contributed by atoms with Gasteiger partial charge in [-0.3, -0.25) is 0 Å². The number of nitrogens with zero attached hydrogens (tertiary/aromatic N) is 2. The lowest BCUT2D eigenvalue weighted by Crippen LogP contribution is -1.89. The van der Waals surface area contributed by atoms with Crippen molar-refractivity contribution >= 4 is 28.1 Å². The average Bonchev–Trinajstić information content (AvgIpc) is 2.95. The van der Waals surface area contributed by atoms with Crippen LogP contribution in [0.25, 0.3) is 21.3 Å². The molecule has 0 radical (unpaired) electrons. The summed E-state index contributed by atoms with van der Waals surface area (Å²) < 4.78 is 13.6. The quantitative estimate of drug-likeness (QED) is 0.776. The number of aryl methyl sites for hydroxylation is 1. The zero-order valence-corrected chi connectivity index (χ0v) is 12.2. The maximum Gasteiger partial charge on any atom is 0.347 e. The molecule has 2 aromatic carbocycles. The first-order chi connectivity index (χ1) is 10.5. The summed E-state index contributed by atoms with van der Waals surface area (Å²) in [7, 11) is 0. The number of nitriles is 1. The van der Waals surface area contributed by atoms with Crippen molar-refractivity contribution < 1.29 is 14.3 Å². The third-order valence-electron chi connectivity index (χ3n) is 3.29. The van der Waals surface area contributed by atoms with Gasteiger partial charge in [0.2, 0.25) is 0 Å².